The molecule has 0 radical (unpaired) electrons. The highest BCUT2D eigenvalue weighted by molar-refractivity contribution is 5.74. The molecule has 1 heterocycles. The van der Waals surface area contributed by atoms with Gasteiger partial charge in [-0.15, -0.1) is 0 Å². The number of rotatable bonds is 6. The summed E-state index contributed by atoms with van der Waals surface area (Å²) in [5.41, 5.74) is 1.39. The van der Waals surface area contributed by atoms with Crippen LogP contribution in [-0.2, 0) is 5.41 Å². The van der Waals surface area contributed by atoms with Crippen molar-refractivity contribution in [3.63, 3.8) is 0 Å². The van der Waals surface area contributed by atoms with Gasteiger partial charge < -0.3 is 20.7 Å². The standard InChI is InChI=1S/C19H29N3O2/c1-24-17-5-3-16(4-6-17)19(9-2-10-19)14-22-18(23)21-13-15-7-11-20-12-8-15/h3-6,15,20H,2,7-14H2,1H3,(H2,21,22,23). The highest BCUT2D eigenvalue weighted by atomic mass is 16.5. The van der Waals surface area contributed by atoms with Crippen LogP contribution in [0.25, 0.3) is 0 Å². The van der Waals surface area contributed by atoms with Gasteiger partial charge in [0, 0.05) is 18.5 Å². The van der Waals surface area contributed by atoms with Crippen molar-refractivity contribution in [1.82, 2.24) is 16.0 Å². The Kier molecular flexibility index (Phi) is 5.61. The molecule has 2 fully saturated rings. The number of amides is 2. The Balaban J connectivity index is 1.48. The first kappa shape index (κ1) is 17.1. The molecule has 3 rings (SSSR count). The summed E-state index contributed by atoms with van der Waals surface area (Å²) in [6.45, 7) is 3.61. The average molecular weight is 331 g/mol. The summed E-state index contributed by atoms with van der Waals surface area (Å²) in [6, 6.07) is 8.24. The van der Waals surface area contributed by atoms with Crippen LogP contribution in [0.4, 0.5) is 4.79 Å². The Morgan fingerprint density at radius 2 is 1.92 bits per heavy atom. The Hall–Kier alpha value is -1.75. The number of benzene rings is 1. The normalized spacial score (nSPS) is 20.0. The first-order chi connectivity index (χ1) is 11.7. The van der Waals surface area contributed by atoms with E-state index in [-0.39, 0.29) is 11.4 Å². The first-order valence-corrected chi connectivity index (χ1v) is 9.09. The molecule has 5 nitrogen and oxygen atoms in total. The van der Waals surface area contributed by atoms with Crippen molar-refractivity contribution in [3.05, 3.63) is 29.8 Å². The van der Waals surface area contributed by atoms with Gasteiger partial charge in [-0.1, -0.05) is 18.6 Å². The summed E-state index contributed by atoms with van der Waals surface area (Å²) in [7, 11) is 1.68. The van der Waals surface area contributed by atoms with E-state index in [0.29, 0.717) is 12.5 Å². The maximum atomic E-state index is 12.1. The van der Waals surface area contributed by atoms with E-state index in [1.807, 2.05) is 12.1 Å². The molecular weight excluding hydrogens is 302 g/mol. The van der Waals surface area contributed by atoms with Gasteiger partial charge in [-0.05, 0) is 62.4 Å². The van der Waals surface area contributed by atoms with E-state index in [9.17, 15) is 4.79 Å². The van der Waals surface area contributed by atoms with Gasteiger partial charge >= 0.3 is 6.03 Å². The maximum Gasteiger partial charge on any atom is 0.314 e. The molecule has 1 saturated heterocycles. The first-order valence-electron chi connectivity index (χ1n) is 9.09. The number of methoxy groups -OCH3 is 1. The third kappa shape index (κ3) is 4.01. The van der Waals surface area contributed by atoms with E-state index < -0.39 is 0 Å². The molecule has 0 aromatic heterocycles. The van der Waals surface area contributed by atoms with Crippen LogP contribution >= 0.6 is 0 Å². The molecule has 1 aliphatic carbocycles. The van der Waals surface area contributed by atoms with Crippen molar-refractivity contribution in [1.29, 1.82) is 0 Å². The quantitative estimate of drug-likeness (QED) is 0.750. The molecule has 0 spiro atoms. The topological polar surface area (TPSA) is 62.4 Å². The average Bonchev–Trinajstić information content (AvgIpc) is 2.60. The fraction of sp³-hybridized carbons (Fsp3) is 0.632. The summed E-state index contributed by atoms with van der Waals surface area (Å²) < 4.78 is 5.24. The van der Waals surface area contributed by atoms with E-state index in [0.717, 1.165) is 51.1 Å². The molecule has 0 bridgehead atoms. The molecule has 1 aromatic carbocycles. The van der Waals surface area contributed by atoms with Gasteiger partial charge in [0.15, 0.2) is 0 Å². The van der Waals surface area contributed by atoms with Crippen LogP contribution in [0.5, 0.6) is 5.75 Å². The summed E-state index contributed by atoms with van der Waals surface area (Å²) in [4.78, 5) is 12.1. The monoisotopic (exact) mass is 331 g/mol. The number of hydrogen-bond acceptors (Lipinski definition) is 3. The van der Waals surface area contributed by atoms with E-state index in [1.54, 1.807) is 7.11 Å². The van der Waals surface area contributed by atoms with Crippen LogP contribution in [0.15, 0.2) is 24.3 Å². The van der Waals surface area contributed by atoms with Crippen LogP contribution in [0.1, 0.15) is 37.7 Å². The summed E-state index contributed by atoms with van der Waals surface area (Å²) in [5.74, 6) is 1.48. The SMILES string of the molecule is COc1ccc(C2(CNC(=O)NCC3CCNCC3)CCC2)cc1. The van der Waals surface area contributed by atoms with E-state index in [2.05, 4.69) is 28.1 Å². The second-order valence-corrected chi connectivity index (χ2v) is 7.12. The summed E-state index contributed by atoms with van der Waals surface area (Å²) in [6.07, 6.45) is 5.79. The molecule has 2 aliphatic rings. The fourth-order valence-electron chi connectivity index (χ4n) is 3.75. The van der Waals surface area contributed by atoms with E-state index in [4.69, 9.17) is 4.74 Å². The van der Waals surface area contributed by atoms with Gasteiger partial charge in [0.25, 0.3) is 0 Å². The zero-order valence-corrected chi connectivity index (χ0v) is 14.6. The zero-order valence-electron chi connectivity index (χ0n) is 14.6. The smallest absolute Gasteiger partial charge is 0.314 e. The van der Waals surface area contributed by atoms with Gasteiger partial charge in [-0.2, -0.15) is 0 Å². The van der Waals surface area contributed by atoms with Crippen molar-refractivity contribution >= 4 is 6.03 Å². The molecule has 3 N–H and O–H groups in total. The lowest BCUT2D eigenvalue weighted by molar-refractivity contribution is 0.212. The number of carbonyl (C=O) groups is 1. The molecule has 2 amide bonds. The molecule has 1 saturated carbocycles. The second-order valence-electron chi connectivity index (χ2n) is 7.12. The van der Waals surface area contributed by atoms with Gasteiger partial charge in [0.1, 0.15) is 5.75 Å². The predicted octanol–water partition coefficient (Wildman–Crippen LogP) is 2.42. The minimum absolute atomic E-state index is 0.0340. The van der Waals surface area contributed by atoms with Crippen LogP contribution in [0.2, 0.25) is 0 Å². The number of ether oxygens (including phenoxy) is 1. The second kappa shape index (κ2) is 7.88. The van der Waals surface area contributed by atoms with Crippen LogP contribution in [0, 0.1) is 5.92 Å². The number of urea groups is 1. The highest BCUT2D eigenvalue weighted by Crippen LogP contribution is 2.43. The van der Waals surface area contributed by atoms with Crippen molar-refractivity contribution in [3.8, 4) is 5.75 Å². The Morgan fingerprint density at radius 1 is 1.21 bits per heavy atom. The molecule has 0 unspecified atom stereocenters. The van der Waals surface area contributed by atoms with Gasteiger partial charge in [0.05, 0.1) is 7.11 Å². The Morgan fingerprint density at radius 3 is 2.50 bits per heavy atom. The third-order valence-electron chi connectivity index (χ3n) is 5.61. The van der Waals surface area contributed by atoms with Crippen molar-refractivity contribution in [2.24, 2.45) is 5.92 Å². The Bertz CT molecular complexity index is 534. The molecule has 1 aliphatic heterocycles. The zero-order chi connectivity index (χ0) is 16.8. The minimum atomic E-state index is -0.0340. The molecule has 132 valence electrons. The molecule has 24 heavy (non-hydrogen) atoms. The summed E-state index contributed by atoms with van der Waals surface area (Å²) in [5, 5.41) is 9.49. The highest BCUT2D eigenvalue weighted by Gasteiger charge is 2.38. The van der Waals surface area contributed by atoms with E-state index >= 15 is 0 Å². The van der Waals surface area contributed by atoms with E-state index in [1.165, 1.54) is 12.0 Å². The minimum Gasteiger partial charge on any atom is -0.497 e. The van der Waals surface area contributed by atoms with Gasteiger partial charge in [0.2, 0.25) is 0 Å². The Labute approximate surface area is 144 Å². The third-order valence-corrected chi connectivity index (χ3v) is 5.61. The van der Waals surface area contributed by atoms with Crippen LogP contribution < -0.4 is 20.7 Å². The van der Waals surface area contributed by atoms with Crippen molar-refractivity contribution < 1.29 is 9.53 Å². The molecule has 5 heteroatoms. The number of hydrogen-bond donors (Lipinski definition) is 3. The number of piperidine rings is 1. The summed E-state index contributed by atoms with van der Waals surface area (Å²) >= 11 is 0. The van der Waals surface area contributed by atoms with Gasteiger partial charge in [-0.3, -0.25) is 0 Å². The number of carbonyl (C=O) groups excluding carboxylic acids is 1. The molecular formula is C19H29N3O2. The van der Waals surface area contributed by atoms with Crippen molar-refractivity contribution in [2.75, 3.05) is 33.3 Å². The van der Waals surface area contributed by atoms with Crippen LogP contribution in [0.3, 0.4) is 0 Å². The largest absolute Gasteiger partial charge is 0.497 e. The van der Waals surface area contributed by atoms with Gasteiger partial charge in [-0.25, -0.2) is 4.79 Å². The van der Waals surface area contributed by atoms with Crippen molar-refractivity contribution in [2.45, 2.75) is 37.5 Å². The molecule has 0 atom stereocenters. The van der Waals surface area contributed by atoms with Crippen LogP contribution in [-0.4, -0.2) is 39.3 Å². The number of nitrogens with one attached hydrogen (secondary N) is 3. The lowest BCUT2D eigenvalue weighted by Gasteiger charge is -2.42. The molecule has 1 aromatic rings. The maximum absolute atomic E-state index is 12.1. The predicted molar refractivity (Wildman–Crippen MR) is 95.5 cm³/mol. The lowest BCUT2D eigenvalue weighted by atomic mass is 9.64. The lowest BCUT2D eigenvalue weighted by Crippen LogP contribution is -2.49. The fourth-order valence-corrected chi connectivity index (χ4v) is 3.75.